The van der Waals surface area contributed by atoms with Crippen molar-refractivity contribution in [2.24, 2.45) is 5.73 Å². The van der Waals surface area contributed by atoms with Gasteiger partial charge in [0.1, 0.15) is 11.8 Å². The molecule has 0 saturated carbocycles. The molecule has 1 amide bonds. The standard InChI is InChI=1S/C13H18N2O4.ClH/c14-10(13(18)19)6-3-4-8-15-12(17)9-5-1-2-7-11(9)16;/h1-2,5,7,10,16H,3-4,6,8,14H2,(H,15,17)(H,18,19);1H. The Morgan fingerprint density at radius 1 is 1.25 bits per heavy atom. The second-order valence-corrected chi connectivity index (χ2v) is 4.21. The quantitative estimate of drug-likeness (QED) is 0.564. The number of hydrogen-bond acceptors (Lipinski definition) is 4. The molecule has 0 heterocycles. The van der Waals surface area contributed by atoms with Gasteiger partial charge in [0.2, 0.25) is 0 Å². The molecule has 0 radical (unpaired) electrons. The zero-order valence-corrected chi connectivity index (χ0v) is 11.7. The van der Waals surface area contributed by atoms with Crippen LogP contribution in [0.1, 0.15) is 29.6 Å². The summed E-state index contributed by atoms with van der Waals surface area (Å²) >= 11 is 0. The molecule has 0 spiro atoms. The Kier molecular flexibility index (Phi) is 8.35. The molecule has 1 unspecified atom stereocenters. The van der Waals surface area contributed by atoms with Crippen LogP contribution in [0.2, 0.25) is 0 Å². The molecular formula is C13H19ClN2O4. The van der Waals surface area contributed by atoms with Crippen LogP contribution in [0.25, 0.3) is 0 Å². The van der Waals surface area contributed by atoms with E-state index in [9.17, 15) is 14.7 Å². The number of halogens is 1. The van der Waals surface area contributed by atoms with E-state index in [0.717, 1.165) is 0 Å². The van der Waals surface area contributed by atoms with Crippen LogP contribution in [0.15, 0.2) is 24.3 Å². The van der Waals surface area contributed by atoms with Crippen molar-refractivity contribution in [3.8, 4) is 5.75 Å². The first-order valence-corrected chi connectivity index (χ1v) is 6.07. The van der Waals surface area contributed by atoms with Crippen LogP contribution in [0.5, 0.6) is 5.75 Å². The highest BCUT2D eigenvalue weighted by Crippen LogP contribution is 2.14. The van der Waals surface area contributed by atoms with E-state index < -0.39 is 12.0 Å². The highest BCUT2D eigenvalue weighted by Gasteiger charge is 2.11. The van der Waals surface area contributed by atoms with Crippen molar-refractivity contribution in [2.75, 3.05) is 6.54 Å². The van der Waals surface area contributed by atoms with Gasteiger partial charge in [-0.1, -0.05) is 12.1 Å². The fourth-order valence-corrected chi connectivity index (χ4v) is 1.58. The maximum Gasteiger partial charge on any atom is 0.320 e. The summed E-state index contributed by atoms with van der Waals surface area (Å²) in [5.41, 5.74) is 5.58. The number of nitrogens with one attached hydrogen (secondary N) is 1. The van der Waals surface area contributed by atoms with Gasteiger partial charge in [0, 0.05) is 6.54 Å². The number of carboxylic acids is 1. The molecule has 1 aromatic carbocycles. The Balaban J connectivity index is 0.00000361. The van der Waals surface area contributed by atoms with Gasteiger partial charge in [-0.25, -0.2) is 0 Å². The fraction of sp³-hybridized carbons (Fsp3) is 0.385. The van der Waals surface area contributed by atoms with Gasteiger partial charge in [0.25, 0.3) is 5.91 Å². The number of rotatable bonds is 7. The number of unbranched alkanes of at least 4 members (excludes halogenated alkanes) is 1. The number of carbonyl (C=O) groups excluding carboxylic acids is 1. The largest absolute Gasteiger partial charge is 0.507 e. The Hall–Kier alpha value is -1.79. The van der Waals surface area contributed by atoms with Gasteiger partial charge < -0.3 is 21.3 Å². The van der Waals surface area contributed by atoms with Crippen molar-refractivity contribution in [1.82, 2.24) is 5.32 Å². The Morgan fingerprint density at radius 2 is 1.90 bits per heavy atom. The Labute approximate surface area is 123 Å². The zero-order chi connectivity index (χ0) is 14.3. The van der Waals surface area contributed by atoms with Gasteiger partial charge in [0.15, 0.2) is 0 Å². The van der Waals surface area contributed by atoms with Crippen LogP contribution >= 0.6 is 12.4 Å². The lowest BCUT2D eigenvalue weighted by molar-refractivity contribution is -0.138. The van der Waals surface area contributed by atoms with Crippen molar-refractivity contribution in [1.29, 1.82) is 0 Å². The van der Waals surface area contributed by atoms with E-state index >= 15 is 0 Å². The molecule has 0 aromatic heterocycles. The number of benzene rings is 1. The zero-order valence-electron chi connectivity index (χ0n) is 10.9. The molecule has 0 aliphatic heterocycles. The maximum absolute atomic E-state index is 11.7. The first kappa shape index (κ1) is 18.2. The van der Waals surface area contributed by atoms with Crippen molar-refractivity contribution in [3.05, 3.63) is 29.8 Å². The molecule has 112 valence electrons. The third kappa shape index (κ3) is 5.90. The minimum Gasteiger partial charge on any atom is -0.507 e. The monoisotopic (exact) mass is 302 g/mol. The molecular weight excluding hydrogens is 284 g/mol. The summed E-state index contributed by atoms with van der Waals surface area (Å²) in [4.78, 5) is 22.2. The van der Waals surface area contributed by atoms with Crippen molar-refractivity contribution < 1.29 is 19.8 Å². The van der Waals surface area contributed by atoms with Crippen LogP contribution in [0.4, 0.5) is 0 Å². The van der Waals surface area contributed by atoms with E-state index in [1.807, 2.05) is 0 Å². The lowest BCUT2D eigenvalue weighted by Crippen LogP contribution is -2.30. The van der Waals surface area contributed by atoms with Gasteiger partial charge in [-0.2, -0.15) is 0 Å². The van der Waals surface area contributed by atoms with Crippen molar-refractivity contribution >= 4 is 24.3 Å². The molecule has 0 aliphatic rings. The number of aliphatic carboxylic acids is 1. The molecule has 7 heteroatoms. The van der Waals surface area contributed by atoms with Gasteiger partial charge in [-0.15, -0.1) is 12.4 Å². The van der Waals surface area contributed by atoms with Crippen LogP contribution in [0, 0.1) is 0 Å². The van der Waals surface area contributed by atoms with Gasteiger partial charge >= 0.3 is 5.97 Å². The number of amides is 1. The molecule has 0 saturated heterocycles. The summed E-state index contributed by atoms with van der Waals surface area (Å²) in [6.45, 7) is 0.416. The first-order chi connectivity index (χ1) is 9.02. The fourth-order valence-electron chi connectivity index (χ4n) is 1.58. The predicted octanol–water partition coefficient (Wildman–Crippen LogP) is 1.13. The average Bonchev–Trinajstić information content (AvgIpc) is 2.38. The third-order valence-corrected chi connectivity index (χ3v) is 2.69. The number of nitrogens with two attached hydrogens (primary N) is 1. The van der Waals surface area contributed by atoms with Gasteiger partial charge in [0.05, 0.1) is 5.56 Å². The summed E-state index contributed by atoms with van der Waals surface area (Å²) in [6.07, 6.45) is 1.64. The van der Waals surface area contributed by atoms with E-state index in [0.29, 0.717) is 25.8 Å². The smallest absolute Gasteiger partial charge is 0.320 e. The minimum atomic E-state index is -1.02. The molecule has 20 heavy (non-hydrogen) atoms. The van der Waals surface area contributed by atoms with Crippen LogP contribution in [0.3, 0.4) is 0 Å². The molecule has 0 aliphatic carbocycles. The second-order valence-electron chi connectivity index (χ2n) is 4.21. The number of aromatic hydroxyl groups is 1. The Bertz CT molecular complexity index is 454. The molecule has 1 aromatic rings. The SMILES string of the molecule is Cl.NC(CCCCNC(=O)c1ccccc1O)C(=O)O. The summed E-state index contributed by atoms with van der Waals surface area (Å²) in [5, 5.41) is 20.7. The molecule has 5 N–H and O–H groups in total. The number of carboxylic acid groups (broad SMARTS) is 1. The van der Waals surface area contributed by atoms with E-state index in [4.69, 9.17) is 10.8 Å². The predicted molar refractivity (Wildman–Crippen MR) is 77.2 cm³/mol. The second kappa shape index (κ2) is 9.17. The number of hydrogen-bond donors (Lipinski definition) is 4. The highest BCUT2D eigenvalue weighted by molar-refractivity contribution is 5.96. The van der Waals surface area contributed by atoms with Crippen molar-refractivity contribution in [2.45, 2.75) is 25.3 Å². The first-order valence-electron chi connectivity index (χ1n) is 6.07. The molecule has 1 rings (SSSR count). The van der Waals surface area contributed by atoms with E-state index in [2.05, 4.69) is 5.32 Å². The number of phenolic OH excluding ortho intramolecular Hbond substituents is 1. The number of phenols is 1. The van der Waals surface area contributed by atoms with Crippen LogP contribution in [-0.4, -0.2) is 34.7 Å². The van der Waals surface area contributed by atoms with Gasteiger partial charge in [-0.3, -0.25) is 9.59 Å². The van der Waals surface area contributed by atoms with Crippen LogP contribution < -0.4 is 11.1 Å². The van der Waals surface area contributed by atoms with Crippen molar-refractivity contribution in [3.63, 3.8) is 0 Å². The summed E-state index contributed by atoms with van der Waals surface area (Å²) < 4.78 is 0. The Morgan fingerprint density at radius 3 is 2.50 bits per heavy atom. The lowest BCUT2D eigenvalue weighted by Gasteiger charge is -2.08. The average molecular weight is 303 g/mol. The third-order valence-electron chi connectivity index (χ3n) is 2.69. The van der Waals surface area contributed by atoms with E-state index in [-0.39, 0.29) is 29.6 Å². The molecule has 6 nitrogen and oxygen atoms in total. The molecule has 0 bridgehead atoms. The number of para-hydroxylation sites is 1. The summed E-state index contributed by atoms with van der Waals surface area (Å²) in [7, 11) is 0. The van der Waals surface area contributed by atoms with E-state index in [1.54, 1.807) is 12.1 Å². The van der Waals surface area contributed by atoms with Gasteiger partial charge in [-0.05, 0) is 31.4 Å². The molecule has 0 fully saturated rings. The summed E-state index contributed by atoms with van der Waals surface area (Å²) in [5.74, 6) is -1.42. The van der Waals surface area contributed by atoms with E-state index in [1.165, 1.54) is 12.1 Å². The summed E-state index contributed by atoms with van der Waals surface area (Å²) in [6, 6.07) is 5.43. The maximum atomic E-state index is 11.7. The highest BCUT2D eigenvalue weighted by atomic mass is 35.5. The topological polar surface area (TPSA) is 113 Å². The minimum absolute atomic E-state index is 0. The lowest BCUT2D eigenvalue weighted by atomic mass is 10.1. The molecule has 1 atom stereocenters. The normalized spacial score (nSPS) is 11.2. The number of carbonyl (C=O) groups is 2. The van der Waals surface area contributed by atoms with Crippen LogP contribution in [-0.2, 0) is 4.79 Å².